The lowest BCUT2D eigenvalue weighted by Gasteiger charge is -2.00. The maximum atomic E-state index is 11.2. The zero-order valence-electron chi connectivity index (χ0n) is 6.96. The molecule has 0 fully saturated rings. The number of hydrogen-bond donors (Lipinski definition) is 2. The maximum Gasteiger partial charge on any atom is 0.287 e. The van der Waals surface area contributed by atoms with Crippen LogP contribution in [0, 0.1) is 6.92 Å². The zero-order chi connectivity index (χ0) is 8.97. The maximum absolute atomic E-state index is 11.2. The van der Waals surface area contributed by atoms with Gasteiger partial charge in [-0.15, -0.1) is 0 Å². The fraction of sp³-hybridized carbons (Fsp3) is 0.375. The highest BCUT2D eigenvalue weighted by molar-refractivity contribution is 5.92. The van der Waals surface area contributed by atoms with Crippen LogP contribution in [0.4, 0.5) is 0 Å². The second-order valence-corrected chi connectivity index (χ2v) is 2.48. The van der Waals surface area contributed by atoms with Gasteiger partial charge in [-0.2, -0.15) is 0 Å². The smallest absolute Gasteiger partial charge is 0.287 e. The van der Waals surface area contributed by atoms with Gasteiger partial charge in [0, 0.05) is 18.7 Å². The third-order valence-corrected chi connectivity index (χ3v) is 1.50. The minimum absolute atomic E-state index is 0.206. The summed E-state index contributed by atoms with van der Waals surface area (Å²) in [6.45, 7) is 2.73. The lowest BCUT2D eigenvalue weighted by Crippen LogP contribution is -2.29. The van der Waals surface area contributed by atoms with Crippen LogP contribution < -0.4 is 11.1 Å². The van der Waals surface area contributed by atoms with Crippen molar-refractivity contribution in [1.29, 1.82) is 0 Å². The first-order valence-electron chi connectivity index (χ1n) is 3.78. The van der Waals surface area contributed by atoms with E-state index in [-0.39, 0.29) is 5.91 Å². The van der Waals surface area contributed by atoms with E-state index in [1.54, 1.807) is 6.07 Å². The molecule has 0 unspecified atom stereocenters. The summed E-state index contributed by atoms with van der Waals surface area (Å²) in [5, 5.41) is 2.62. The van der Waals surface area contributed by atoms with Crippen molar-refractivity contribution in [2.75, 3.05) is 13.1 Å². The van der Waals surface area contributed by atoms with Gasteiger partial charge in [0.25, 0.3) is 5.91 Å². The molecule has 1 aromatic rings. The molecule has 0 radical (unpaired) electrons. The van der Waals surface area contributed by atoms with Crippen molar-refractivity contribution in [3.05, 3.63) is 23.7 Å². The Bertz CT molecular complexity index is 268. The molecule has 0 aliphatic carbocycles. The summed E-state index contributed by atoms with van der Waals surface area (Å²) in [5.74, 6) is 0.159. The largest absolute Gasteiger partial charge is 0.459 e. The topological polar surface area (TPSA) is 68.3 Å². The predicted octanol–water partition coefficient (Wildman–Crippen LogP) is 0.277. The van der Waals surface area contributed by atoms with Gasteiger partial charge in [0.15, 0.2) is 5.76 Å². The Morgan fingerprint density at radius 1 is 1.75 bits per heavy atom. The van der Waals surface area contributed by atoms with Gasteiger partial charge in [-0.1, -0.05) is 0 Å². The van der Waals surface area contributed by atoms with Crippen LogP contribution in [0.15, 0.2) is 16.7 Å². The lowest BCUT2D eigenvalue weighted by molar-refractivity contribution is 0.0926. The molecule has 12 heavy (non-hydrogen) atoms. The molecular weight excluding hydrogens is 156 g/mol. The summed E-state index contributed by atoms with van der Waals surface area (Å²) in [4.78, 5) is 11.2. The predicted molar refractivity (Wildman–Crippen MR) is 44.8 cm³/mol. The van der Waals surface area contributed by atoms with Crippen LogP contribution in [0.25, 0.3) is 0 Å². The van der Waals surface area contributed by atoms with Crippen LogP contribution in [-0.4, -0.2) is 19.0 Å². The highest BCUT2D eigenvalue weighted by Crippen LogP contribution is 2.07. The number of carbonyl (C=O) groups excluding carboxylic acids is 1. The number of nitrogens with two attached hydrogens (primary N) is 1. The number of hydrogen-bond acceptors (Lipinski definition) is 3. The van der Waals surface area contributed by atoms with E-state index in [4.69, 9.17) is 10.2 Å². The van der Waals surface area contributed by atoms with Crippen molar-refractivity contribution in [3.63, 3.8) is 0 Å². The van der Waals surface area contributed by atoms with E-state index >= 15 is 0 Å². The van der Waals surface area contributed by atoms with Gasteiger partial charge < -0.3 is 15.5 Å². The minimum Gasteiger partial charge on any atom is -0.459 e. The molecule has 0 saturated heterocycles. The third-order valence-electron chi connectivity index (χ3n) is 1.50. The fourth-order valence-corrected chi connectivity index (χ4v) is 0.871. The van der Waals surface area contributed by atoms with Crippen molar-refractivity contribution in [3.8, 4) is 0 Å². The molecule has 1 heterocycles. The van der Waals surface area contributed by atoms with Gasteiger partial charge in [0.05, 0.1) is 6.26 Å². The molecule has 0 aromatic carbocycles. The molecule has 3 N–H and O–H groups in total. The number of rotatable bonds is 3. The van der Waals surface area contributed by atoms with Gasteiger partial charge >= 0.3 is 0 Å². The lowest BCUT2D eigenvalue weighted by atomic mass is 10.3. The summed E-state index contributed by atoms with van der Waals surface area (Å²) < 4.78 is 4.97. The number of nitrogens with one attached hydrogen (secondary N) is 1. The van der Waals surface area contributed by atoms with Crippen LogP contribution >= 0.6 is 0 Å². The molecule has 4 nitrogen and oxygen atoms in total. The number of furan rings is 1. The Balaban J connectivity index is 2.59. The minimum atomic E-state index is -0.206. The van der Waals surface area contributed by atoms with E-state index < -0.39 is 0 Å². The quantitative estimate of drug-likeness (QED) is 0.681. The van der Waals surface area contributed by atoms with Crippen molar-refractivity contribution >= 4 is 5.91 Å². The first kappa shape index (κ1) is 8.80. The molecule has 0 spiro atoms. The highest BCUT2D eigenvalue weighted by atomic mass is 16.3. The molecule has 0 aliphatic heterocycles. The molecule has 0 saturated carbocycles. The van der Waals surface area contributed by atoms with Gasteiger partial charge in [-0.3, -0.25) is 4.79 Å². The summed E-state index contributed by atoms with van der Waals surface area (Å²) in [5.41, 5.74) is 6.06. The molecule has 0 bridgehead atoms. The van der Waals surface area contributed by atoms with E-state index in [1.807, 2.05) is 6.92 Å². The van der Waals surface area contributed by atoms with Gasteiger partial charge in [-0.25, -0.2) is 0 Å². The van der Waals surface area contributed by atoms with E-state index in [2.05, 4.69) is 5.32 Å². The Kier molecular flexibility index (Phi) is 2.88. The summed E-state index contributed by atoms with van der Waals surface area (Å²) in [7, 11) is 0. The number of amides is 1. The first-order valence-corrected chi connectivity index (χ1v) is 3.78. The van der Waals surface area contributed by atoms with E-state index in [0.29, 0.717) is 18.8 Å². The molecule has 1 amide bonds. The standard InChI is InChI=1S/C8H12N2O2/c1-6-2-5-12-7(6)8(11)10-4-3-9/h2,5H,3-4,9H2,1H3,(H,10,11). The van der Waals surface area contributed by atoms with Crippen LogP contribution in [0.3, 0.4) is 0 Å². The molecule has 1 aromatic heterocycles. The average molecular weight is 168 g/mol. The average Bonchev–Trinajstić information content (AvgIpc) is 2.47. The number of carbonyl (C=O) groups is 1. The second kappa shape index (κ2) is 3.92. The zero-order valence-corrected chi connectivity index (χ0v) is 6.96. The highest BCUT2D eigenvalue weighted by Gasteiger charge is 2.10. The molecule has 0 aliphatic rings. The summed E-state index contributed by atoms with van der Waals surface area (Å²) in [6.07, 6.45) is 1.49. The van der Waals surface area contributed by atoms with Crippen LogP contribution in [0.2, 0.25) is 0 Å². The number of aryl methyl sites for hydroxylation is 1. The Morgan fingerprint density at radius 3 is 3.00 bits per heavy atom. The molecule has 0 atom stereocenters. The van der Waals surface area contributed by atoms with Crippen molar-refractivity contribution < 1.29 is 9.21 Å². The first-order chi connectivity index (χ1) is 5.75. The Hall–Kier alpha value is -1.29. The molecule has 66 valence electrons. The normalized spacial score (nSPS) is 9.83. The Labute approximate surface area is 70.7 Å². The van der Waals surface area contributed by atoms with E-state index in [1.165, 1.54) is 6.26 Å². The summed E-state index contributed by atoms with van der Waals surface area (Å²) in [6, 6.07) is 1.75. The Morgan fingerprint density at radius 2 is 2.50 bits per heavy atom. The molecule has 4 heteroatoms. The molecule has 1 rings (SSSR count). The second-order valence-electron chi connectivity index (χ2n) is 2.48. The summed E-state index contributed by atoms with van der Waals surface area (Å²) >= 11 is 0. The van der Waals surface area contributed by atoms with E-state index in [0.717, 1.165) is 5.56 Å². The van der Waals surface area contributed by atoms with E-state index in [9.17, 15) is 4.79 Å². The fourth-order valence-electron chi connectivity index (χ4n) is 0.871. The monoisotopic (exact) mass is 168 g/mol. The van der Waals surface area contributed by atoms with Gasteiger partial charge in [0.2, 0.25) is 0 Å². The van der Waals surface area contributed by atoms with Crippen LogP contribution in [0.1, 0.15) is 16.1 Å². The van der Waals surface area contributed by atoms with Crippen molar-refractivity contribution in [2.45, 2.75) is 6.92 Å². The van der Waals surface area contributed by atoms with Gasteiger partial charge in [0.1, 0.15) is 0 Å². The van der Waals surface area contributed by atoms with Crippen molar-refractivity contribution in [2.24, 2.45) is 5.73 Å². The van der Waals surface area contributed by atoms with Crippen LogP contribution in [-0.2, 0) is 0 Å². The third kappa shape index (κ3) is 1.85. The van der Waals surface area contributed by atoms with Crippen LogP contribution in [0.5, 0.6) is 0 Å². The SMILES string of the molecule is Cc1ccoc1C(=O)NCCN. The molecular formula is C8H12N2O2. The van der Waals surface area contributed by atoms with Crippen molar-refractivity contribution in [1.82, 2.24) is 5.32 Å². The van der Waals surface area contributed by atoms with Gasteiger partial charge in [-0.05, 0) is 13.0 Å².